The molecule has 2 atom stereocenters. The van der Waals surface area contributed by atoms with E-state index in [0.717, 1.165) is 27.7 Å². The lowest BCUT2D eigenvalue weighted by molar-refractivity contribution is -0.120. The highest BCUT2D eigenvalue weighted by Crippen LogP contribution is 2.42. The van der Waals surface area contributed by atoms with Gasteiger partial charge in [0.15, 0.2) is 0 Å². The SMILES string of the molecule is C[C@H]1c2[nH]c3ccccc3c2C[C@H]2C(=O)N(c3ccccc3C(=O)NCc3ccccc3)C(=O)N21. The maximum atomic E-state index is 13.6. The van der Waals surface area contributed by atoms with Gasteiger partial charge in [-0.1, -0.05) is 60.7 Å². The van der Waals surface area contributed by atoms with E-state index < -0.39 is 12.1 Å². The van der Waals surface area contributed by atoms with Crippen molar-refractivity contribution >= 4 is 34.4 Å². The fraction of sp³-hybridized carbons (Fsp3) is 0.179. The van der Waals surface area contributed by atoms with Crippen LogP contribution in [0.2, 0.25) is 0 Å². The largest absolute Gasteiger partial charge is 0.356 e. The first-order chi connectivity index (χ1) is 17.0. The number of hydrogen-bond acceptors (Lipinski definition) is 3. The highest BCUT2D eigenvalue weighted by Gasteiger charge is 2.52. The molecule has 7 nitrogen and oxygen atoms in total. The Morgan fingerprint density at radius 1 is 0.971 bits per heavy atom. The van der Waals surface area contributed by atoms with Crippen LogP contribution >= 0.6 is 0 Å². The zero-order valence-corrected chi connectivity index (χ0v) is 19.2. The van der Waals surface area contributed by atoms with Gasteiger partial charge in [0, 0.05) is 29.6 Å². The van der Waals surface area contributed by atoms with Crippen LogP contribution in [0.15, 0.2) is 78.9 Å². The molecule has 0 saturated carbocycles. The Kier molecular flexibility index (Phi) is 4.91. The number of benzene rings is 3. The van der Waals surface area contributed by atoms with Crippen LogP contribution in [0.3, 0.4) is 0 Å². The van der Waals surface area contributed by atoms with Crippen LogP contribution in [0.25, 0.3) is 10.9 Å². The van der Waals surface area contributed by atoms with E-state index in [9.17, 15) is 14.4 Å². The van der Waals surface area contributed by atoms with E-state index in [1.54, 1.807) is 29.2 Å². The van der Waals surface area contributed by atoms with Gasteiger partial charge in [-0.25, -0.2) is 9.69 Å². The predicted molar refractivity (Wildman–Crippen MR) is 133 cm³/mol. The third kappa shape index (κ3) is 3.31. The van der Waals surface area contributed by atoms with Crippen LogP contribution in [-0.2, 0) is 17.8 Å². The number of fused-ring (bicyclic) bond motifs is 4. The Morgan fingerprint density at radius 2 is 1.69 bits per heavy atom. The molecule has 1 fully saturated rings. The molecule has 0 aliphatic carbocycles. The first-order valence-electron chi connectivity index (χ1n) is 11.7. The number of hydrogen-bond donors (Lipinski definition) is 2. The lowest BCUT2D eigenvalue weighted by atomic mass is 9.93. The zero-order chi connectivity index (χ0) is 24.1. The topological polar surface area (TPSA) is 85.5 Å². The van der Waals surface area contributed by atoms with Gasteiger partial charge < -0.3 is 15.2 Å². The second kappa shape index (κ2) is 8.13. The van der Waals surface area contributed by atoms with Crippen molar-refractivity contribution in [3.05, 3.63) is 101 Å². The smallest absolute Gasteiger partial charge is 0.332 e. The number of imide groups is 1. The molecule has 4 aromatic rings. The number of para-hydroxylation sites is 2. The van der Waals surface area contributed by atoms with Gasteiger partial charge in [0.05, 0.1) is 17.3 Å². The third-order valence-electron chi connectivity index (χ3n) is 7.02. The summed E-state index contributed by atoms with van der Waals surface area (Å²) in [6, 6.07) is 23.1. The Hall–Kier alpha value is -4.39. The van der Waals surface area contributed by atoms with Crippen molar-refractivity contribution in [2.24, 2.45) is 0 Å². The number of rotatable bonds is 4. The normalized spacial score (nSPS) is 19.1. The molecule has 2 aliphatic rings. The second-order valence-corrected chi connectivity index (χ2v) is 9.01. The summed E-state index contributed by atoms with van der Waals surface area (Å²) < 4.78 is 0. The summed E-state index contributed by atoms with van der Waals surface area (Å²) in [5.41, 5.74) is 4.60. The van der Waals surface area contributed by atoms with Gasteiger partial charge in [-0.2, -0.15) is 0 Å². The number of amides is 4. The molecule has 3 heterocycles. The summed E-state index contributed by atoms with van der Waals surface area (Å²) in [5, 5.41) is 3.98. The van der Waals surface area contributed by atoms with Crippen molar-refractivity contribution in [3.8, 4) is 0 Å². The monoisotopic (exact) mass is 464 g/mol. The molecule has 4 amide bonds. The molecule has 2 aliphatic heterocycles. The lowest BCUT2D eigenvalue weighted by Gasteiger charge is -2.33. The van der Waals surface area contributed by atoms with Gasteiger partial charge in [-0.3, -0.25) is 9.59 Å². The molecule has 174 valence electrons. The summed E-state index contributed by atoms with van der Waals surface area (Å²) in [5.74, 6) is -0.639. The number of nitrogens with zero attached hydrogens (tertiary/aromatic N) is 2. The van der Waals surface area contributed by atoms with Crippen molar-refractivity contribution in [2.45, 2.75) is 32.0 Å². The average molecular weight is 465 g/mol. The van der Waals surface area contributed by atoms with Crippen molar-refractivity contribution in [1.82, 2.24) is 15.2 Å². The van der Waals surface area contributed by atoms with Crippen molar-refractivity contribution in [3.63, 3.8) is 0 Å². The van der Waals surface area contributed by atoms with E-state index >= 15 is 0 Å². The van der Waals surface area contributed by atoms with Gasteiger partial charge >= 0.3 is 6.03 Å². The van der Waals surface area contributed by atoms with E-state index in [-0.39, 0.29) is 17.9 Å². The molecule has 7 heteroatoms. The van der Waals surface area contributed by atoms with Gasteiger partial charge in [-0.15, -0.1) is 0 Å². The molecule has 0 spiro atoms. The number of H-pyrrole nitrogens is 1. The van der Waals surface area contributed by atoms with Gasteiger partial charge in [0.25, 0.3) is 11.8 Å². The number of nitrogens with one attached hydrogen (secondary N) is 2. The molecule has 0 unspecified atom stereocenters. The highest BCUT2D eigenvalue weighted by molar-refractivity contribution is 6.24. The van der Waals surface area contributed by atoms with E-state index in [1.807, 2.05) is 61.5 Å². The molecule has 0 bridgehead atoms. The minimum atomic E-state index is -0.607. The minimum Gasteiger partial charge on any atom is -0.356 e. The molecule has 1 aromatic heterocycles. The van der Waals surface area contributed by atoms with Crippen molar-refractivity contribution in [1.29, 1.82) is 0 Å². The average Bonchev–Trinajstić information content (AvgIpc) is 3.38. The van der Waals surface area contributed by atoms with Crippen LogP contribution in [0, 0.1) is 0 Å². The Labute approximate surface area is 202 Å². The summed E-state index contributed by atoms with van der Waals surface area (Å²) in [6.45, 7) is 2.29. The summed E-state index contributed by atoms with van der Waals surface area (Å²) in [7, 11) is 0. The minimum absolute atomic E-state index is 0.293. The molecular formula is C28H24N4O3. The number of carbonyl (C=O) groups is 3. The van der Waals surface area contributed by atoms with Crippen LogP contribution in [0.1, 0.15) is 40.1 Å². The lowest BCUT2D eigenvalue weighted by Crippen LogP contribution is -2.42. The van der Waals surface area contributed by atoms with E-state index in [1.165, 1.54) is 4.90 Å². The quantitative estimate of drug-likeness (QED) is 0.435. The van der Waals surface area contributed by atoms with E-state index in [0.29, 0.717) is 24.2 Å². The maximum Gasteiger partial charge on any atom is 0.332 e. The number of aromatic nitrogens is 1. The molecule has 0 radical (unpaired) electrons. The van der Waals surface area contributed by atoms with Crippen molar-refractivity contribution < 1.29 is 14.4 Å². The Bertz CT molecular complexity index is 1480. The standard InChI is InChI=1S/C28H24N4O3/c1-17-25-21(19-11-5-7-13-22(19)30-25)15-24-27(34)32(28(35)31(17)24)23-14-8-6-12-20(23)26(33)29-16-18-9-3-2-4-10-18/h2-14,17,24,30H,15-16H2,1H3,(H,29,33)/t17-,24-/m0/s1. The van der Waals surface area contributed by atoms with Gasteiger partial charge in [0.2, 0.25) is 0 Å². The fourth-order valence-corrected chi connectivity index (χ4v) is 5.32. The maximum absolute atomic E-state index is 13.6. The van der Waals surface area contributed by atoms with E-state index in [2.05, 4.69) is 10.3 Å². The first-order valence-corrected chi connectivity index (χ1v) is 11.7. The fourth-order valence-electron chi connectivity index (χ4n) is 5.32. The van der Waals surface area contributed by atoms with Crippen LogP contribution < -0.4 is 10.2 Å². The predicted octanol–water partition coefficient (Wildman–Crippen LogP) is 4.55. The summed E-state index contributed by atoms with van der Waals surface area (Å²) in [4.78, 5) is 46.6. The zero-order valence-electron chi connectivity index (χ0n) is 19.2. The highest BCUT2D eigenvalue weighted by atomic mass is 16.2. The number of anilines is 1. The first kappa shape index (κ1) is 21.2. The third-order valence-corrected chi connectivity index (χ3v) is 7.02. The molecule has 35 heavy (non-hydrogen) atoms. The molecule has 2 N–H and O–H groups in total. The second-order valence-electron chi connectivity index (χ2n) is 9.01. The number of carbonyl (C=O) groups excluding carboxylic acids is 3. The number of aromatic amines is 1. The molecular weight excluding hydrogens is 440 g/mol. The van der Waals surface area contributed by atoms with Crippen LogP contribution in [0.4, 0.5) is 10.5 Å². The summed E-state index contributed by atoms with van der Waals surface area (Å²) in [6.07, 6.45) is 0.438. The van der Waals surface area contributed by atoms with Gasteiger partial charge in [-0.05, 0) is 36.2 Å². The van der Waals surface area contributed by atoms with Gasteiger partial charge in [0.1, 0.15) is 6.04 Å². The van der Waals surface area contributed by atoms with Crippen LogP contribution in [-0.4, -0.2) is 33.8 Å². The Balaban J connectivity index is 1.32. The van der Waals surface area contributed by atoms with Crippen LogP contribution in [0.5, 0.6) is 0 Å². The molecule has 3 aromatic carbocycles. The molecule has 6 rings (SSSR count). The van der Waals surface area contributed by atoms with E-state index in [4.69, 9.17) is 0 Å². The molecule has 1 saturated heterocycles. The Morgan fingerprint density at radius 3 is 2.51 bits per heavy atom. The number of urea groups is 1. The van der Waals surface area contributed by atoms with Crippen molar-refractivity contribution in [2.75, 3.05) is 4.90 Å². The summed E-state index contributed by atoms with van der Waals surface area (Å²) >= 11 is 0.